The molecule has 0 bridgehead atoms. The molecule has 2 aromatic rings. The van der Waals surface area contributed by atoms with Crippen LogP contribution in [0.15, 0.2) is 11.2 Å². The molecule has 0 spiro atoms. The number of anilines is 1. The van der Waals surface area contributed by atoms with E-state index >= 15 is 0 Å². The fourth-order valence-electron chi connectivity index (χ4n) is 3.13. The molecule has 1 aliphatic heterocycles. The summed E-state index contributed by atoms with van der Waals surface area (Å²) in [6.45, 7) is 3.41. The van der Waals surface area contributed by atoms with E-state index in [1.54, 1.807) is 7.05 Å². The van der Waals surface area contributed by atoms with Gasteiger partial charge in [0.1, 0.15) is 11.6 Å². The molecular formula is C16H28IN9. The lowest BCUT2D eigenvalue weighted by molar-refractivity contribution is 0.392. The van der Waals surface area contributed by atoms with Gasteiger partial charge < -0.3 is 20.1 Å². The molecule has 9 nitrogen and oxygen atoms in total. The molecule has 0 fully saturated rings. The molecule has 0 radical (unpaired) electrons. The molecule has 0 saturated heterocycles. The Bertz CT molecular complexity index is 762. The van der Waals surface area contributed by atoms with Gasteiger partial charge in [0.25, 0.3) is 0 Å². The predicted molar refractivity (Wildman–Crippen MR) is 113 cm³/mol. The van der Waals surface area contributed by atoms with E-state index in [0.717, 1.165) is 48.6 Å². The second kappa shape index (κ2) is 8.69. The molecule has 1 atom stereocenters. The number of imidazole rings is 1. The number of aliphatic imine (C=N–C) groups is 1. The van der Waals surface area contributed by atoms with Crippen LogP contribution in [0, 0.1) is 6.92 Å². The first-order valence-electron chi connectivity index (χ1n) is 8.53. The first-order valence-corrected chi connectivity index (χ1v) is 8.53. The lowest BCUT2D eigenvalue weighted by Crippen LogP contribution is -2.47. The summed E-state index contributed by atoms with van der Waals surface area (Å²) in [5, 5.41) is 11.3. The molecule has 1 aliphatic rings. The van der Waals surface area contributed by atoms with E-state index in [0.29, 0.717) is 12.6 Å². The van der Waals surface area contributed by atoms with Crippen molar-refractivity contribution in [1.82, 2.24) is 34.9 Å². The van der Waals surface area contributed by atoms with Crippen molar-refractivity contribution in [3.8, 4) is 0 Å². The number of aryl methyl sites for hydroxylation is 2. The molecule has 2 aromatic heterocycles. The highest BCUT2D eigenvalue weighted by Crippen LogP contribution is 2.13. The number of hydrogen-bond donors (Lipinski definition) is 2. The molecule has 0 aliphatic carbocycles. The zero-order valence-electron chi connectivity index (χ0n) is 16.0. The molecule has 26 heavy (non-hydrogen) atoms. The van der Waals surface area contributed by atoms with Crippen molar-refractivity contribution < 1.29 is 0 Å². The Morgan fingerprint density at radius 3 is 2.85 bits per heavy atom. The molecule has 0 aromatic carbocycles. The molecule has 0 saturated carbocycles. The third-order valence-corrected chi connectivity index (χ3v) is 4.43. The van der Waals surface area contributed by atoms with Crippen LogP contribution in [0.3, 0.4) is 0 Å². The average molecular weight is 473 g/mol. The quantitative estimate of drug-likeness (QED) is 0.386. The van der Waals surface area contributed by atoms with Crippen LogP contribution in [0.2, 0.25) is 0 Å². The minimum absolute atomic E-state index is 0. The highest BCUT2D eigenvalue weighted by atomic mass is 127. The largest absolute Gasteiger partial charge is 0.352 e. The number of fused-ring (bicyclic) bond motifs is 1. The van der Waals surface area contributed by atoms with E-state index < -0.39 is 0 Å². The van der Waals surface area contributed by atoms with E-state index in [1.165, 1.54) is 0 Å². The summed E-state index contributed by atoms with van der Waals surface area (Å²) < 4.78 is 4.07. The zero-order chi connectivity index (χ0) is 18.0. The zero-order valence-corrected chi connectivity index (χ0v) is 18.4. The van der Waals surface area contributed by atoms with Gasteiger partial charge in [-0.3, -0.25) is 4.99 Å². The molecular weight excluding hydrogens is 445 g/mol. The third kappa shape index (κ3) is 4.46. The third-order valence-electron chi connectivity index (χ3n) is 4.43. The number of rotatable bonds is 4. The number of guanidine groups is 1. The molecule has 144 valence electrons. The highest BCUT2D eigenvalue weighted by molar-refractivity contribution is 14.0. The smallest absolute Gasteiger partial charge is 0.204 e. The van der Waals surface area contributed by atoms with Gasteiger partial charge in [0.2, 0.25) is 5.95 Å². The van der Waals surface area contributed by atoms with Crippen LogP contribution < -0.4 is 15.5 Å². The van der Waals surface area contributed by atoms with E-state index in [9.17, 15) is 0 Å². The monoisotopic (exact) mass is 473 g/mol. The van der Waals surface area contributed by atoms with Crippen molar-refractivity contribution in [2.45, 2.75) is 38.9 Å². The summed E-state index contributed by atoms with van der Waals surface area (Å²) in [5.74, 6) is 3.63. The maximum Gasteiger partial charge on any atom is 0.204 e. The molecule has 0 amide bonds. The Kier molecular flexibility index (Phi) is 6.84. The van der Waals surface area contributed by atoms with Gasteiger partial charge in [-0.2, -0.15) is 5.10 Å². The summed E-state index contributed by atoms with van der Waals surface area (Å²) in [5.41, 5.74) is 1.10. The van der Waals surface area contributed by atoms with Crippen molar-refractivity contribution in [3.05, 3.63) is 23.5 Å². The minimum Gasteiger partial charge on any atom is -0.352 e. The number of hydrogen-bond acceptors (Lipinski definition) is 5. The summed E-state index contributed by atoms with van der Waals surface area (Å²) in [4.78, 5) is 15.2. The summed E-state index contributed by atoms with van der Waals surface area (Å²) in [7, 11) is 7.79. The first-order chi connectivity index (χ1) is 12.0. The molecule has 3 heterocycles. The first kappa shape index (κ1) is 20.5. The van der Waals surface area contributed by atoms with E-state index in [1.807, 2.05) is 43.8 Å². The average Bonchev–Trinajstić information content (AvgIpc) is 3.12. The Morgan fingerprint density at radius 2 is 2.19 bits per heavy atom. The maximum absolute atomic E-state index is 4.45. The highest BCUT2D eigenvalue weighted by Gasteiger charge is 2.21. The van der Waals surface area contributed by atoms with Crippen LogP contribution in [0.1, 0.15) is 23.8 Å². The van der Waals surface area contributed by atoms with Gasteiger partial charge in [-0.05, 0) is 13.3 Å². The van der Waals surface area contributed by atoms with Crippen LogP contribution in [0.4, 0.5) is 5.95 Å². The van der Waals surface area contributed by atoms with E-state index in [-0.39, 0.29) is 24.0 Å². The second-order valence-corrected chi connectivity index (χ2v) is 6.57. The van der Waals surface area contributed by atoms with Crippen LogP contribution in [-0.2, 0) is 26.6 Å². The molecule has 2 N–H and O–H groups in total. The van der Waals surface area contributed by atoms with Crippen LogP contribution in [0.5, 0.6) is 0 Å². The van der Waals surface area contributed by atoms with E-state index in [2.05, 4.69) is 35.3 Å². The fourth-order valence-corrected chi connectivity index (χ4v) is 3.13. The number of nitrogens with one attached hydrogen (secondary N) is 2. The van der Waals surface area contributed by atoms with Gasteiger partial charge in [0, 0.05) is 40.7 Å². The topological polar surface area (TPSA) is 88.2 Å². The van der Waals surface area contributed by atoms with Crippen molar-refractivity contribution in [1.29, 1.82) is 0 Å². The van der Waals surface area contributed by atoms with Gasteiger partial charge in [-0.1, -0.05) is 0 Å². The lowest BCUT2D eigenvalue weighted by Gasteiger charge is -2.25. The van der Waals surface area contributed by atoms with Crippen molar-refractivity contribution in [3.63, 3.8) is 0 Å². The number of aromatic nitrogens is 5. The van der Waals surface area contributed by atoms with Gasteiger partial charge in [-0.15, -0.1) is 24.0 Å². The second-order valence-electron chi connectivity index (χ2n) is 6.57. The van der Waals surface area contributed by atoms with Gasteiger partial charge >= 0.3 is 0 Å². The minimum atomic E-state index is 0. The summed E-state index contributed by atoms with van der Waals surface area (Å²) in [6, 6.07) is 0.295. The SMILES string of the molecule is CN=C(NCc1cnc(N(C)C)n1C)NC1CCc2nc(C)nn2C1.I. The Hall–Kier alpha value is -1.85. The van der Waals surface area contributed by atoms with Crippen molar-refractivity contribution in [2.24, 2.45) is 12.0 Å². The van der Waals surface area contributed by atoms with Crippen LogP contribution in [-0.4, -0.2) is 57.5 Å². The lowest BCUT2D eigenvalue weighted by atomic mass is 10.1. The van der Waals surface area contributed by atoms with E-state index in [4.69, 9.17) is 0 Å². The Labute approximate surface area is 171 Å². The van der Waals surface area contributed by atoms with Crippen molar-refractivity contribution >= 4 is 35.9 Å². The molecule has 10 heteroatoms. The van der Waals surface area contributed by atoms with Crippen molar-refractivity contribution in [2.75, 3.05) is 26.0 Å². The van der Waals surface area contributed by atoms with Gasteiger partial charge in [0.15, 0.2) is 5.96 Å². The number of halogens is 1. The number of nitrogens with zero attached hydrogens (tertiary/aromatic N) is 7. The van der Waals surface area contributed by atoms with Crippen LogP contribution in [0.25, 0.3) is 0 Å². The van der Waals surface area contributed by atoms with Gasteiger partial charge in [-0.25, -0.2) is 14.6 Å². The summed E-state index contributed by atoms with van der Waals surface area (Å²) >= 11 is 0. The maximum atomic E-state index is 4.45. The standard InChI is InChI=1S/C16H27N9.HI/c1-11-20-14-7-6-12(10-25(14)22-11)21-15(17-2)18-8-13-9-19-16(23(3)4)24(13)5;/h9,12H,6-8,10H2,1-5H3,(H2,17,18,21);1H. The Balaban J connectivity index is 0.00000243. The predicted octanol–water partition coefficient (Wildman–Crippen LogP) is 0.684. The fraction of sp³-hybridized carbons (Fsp3) is 0.625. The normalized spacial score (nSPS) is 16.7. The Morgan fingerprint density at radius 1 is 1.42 bits per heavy atom. The van der Waals surface area contributed by atoms with Crippen LogP contribution >= 0.6 is 24.0 Å². The van der Waals surface area contributed by atoms with Gasteiger partial charge in [0.05, 0.1) is 25.0 Å². The summed E-state index contributed by atoms with van der Waals surface area (Å²) in [6.07, 6.45) is 3.85. The molecule has 3 rings (SSSR count). The molecule has 1 unspecified atom stereocenters.